The van der Waals surface area contributed by atoms with Gasteiger partial charge in [-0.1, -0.05) is 23.7 Å². The van der Waals surface area contributed by atoms with Crippen molar-refractivity contribution in [2.24, 2.45) is 5.10 Å². The molecule has 9 heteroatoms. The van der Waals surface area contributed by atoms with Gasteiger partial charge in [0.25, 0.3) is 0 Å². The van der Waals surface area contributed by atoms with Crippen molar-refractivity contribution in [3.05, 3.63) is 51.5 Å². The van der Waals surface area contributed by atoms with Crippen molar-refractivity contribution in [3.8, 4) is 11.5 Å². The molecule has 0 radical (unpaired) electrons. The second kappa shape index (κ2) is 9.94. The van der Waals surface area contributed by atoms with Crippen LogP contribution in [0.3, 0.4) is 0 Å². The molecule has 0 aromatic heterocycles. The minimum absolute atomic E-state index is 0.391. The summed E-state index contributed by atoms with van der Waals surface area (Å²) >= 11 is 9.33. The van der Waals surface area contributed by atoms with Crippen LogP contribution >= 0.6 is 27.5 Å². The van der Waals surface area contributed by atoms with Crippen molar-refractivity contribution >= 4 is 51.2 Å². The van der Waals surface area contributed by atoms with E-state index in [0.717, 1.165) is 0 Å². The van der Waals surface area contributed by atoms with Crippen LogP contribution in [0.2, 0.25) is 5.02 Å². The number of carbonyl (C=O) groups excluding carboxylic acids is 2. The summed E-state index contributed by atoms with van der Waals surface area (Å²) in [4.78, 5) is 23.7. The predicted octanol–water partition coefficient (Wildman–Crippen LogP) is 3.60. The van der Waals surface area contributed by atoms with E-state index in [9.17, 15) is 9.59 Å². The normalized spacial score (nSPS) is 10.5. The molecular weight excluding hydrogens is 438 g/mol. The number of amides is 2. The van der Waals surface area contributed by atoms with Gasteiger partial charge in [0.05, 0.1) is 35.6 Å². The molecule has 2 aromatic carbocycles. The Hall–Kier alpha value is -2.58. The Balaban J connectivity index is 1.92. The zero-order valence-electron chi connectivity index (χ0n) is 14.6. The molecule has 0 aliphatic carbocycles. The monoisotopic (exact) mass is 453 g/mol. The molecule has 0 saturated heterocycles. The van der Waals surface area contributed by atoms with E-state index < -0.39 is 18.2 Å². The Kier molecular flexibility index (Phi) is 7.63. The first-order valence-electron chi connectivity index (χ1n) is 7.72. The largest absolute Gasteiger partial charge is 0.493 e. The van der Waals surface area contributed by atoms with Gasteiger partial charge < -0.3 is 14.8 Å². The first-order chi connectivity index (χ1) is 12.9. The van der Waals surface area contributed by atoms with Gasteiger partial charge in [-0.25, -0.2) is 5.43 Å². The van der Waals surface area contributed by atoms with Gasteiger partial charge in [-0.15, -0.1) is 0 Å². The zero-order valence-corrected chi connectivity index (χ0v) is 16.9. The second-order valence-corrected chi connectivity index (χ2v) is 6.50. The number of hydrazone groups is 1. The summed E-state index contributed by atoms with van der Waals surface area (Å²) in [6, 6.07) is 10.2. The van der Waals surface area contributed by atoms with Crippen molar-refractivity contribution in [3.63, 3.8) is 0 Å². The maximum atomic E-state index is 11.9. The molecule has 0 saturated carbocycles. The molecule has 0 fully saturated rings. The third-order valence-electron chi connectivity index (χ3n) is 3.33. The molecule has 0 unspecified atom stereocenters. The lowest BCUT2D eigenvalue weighted by atomic mass is 10.2. The Morgan fingerprint density at radius 2 is 1.93 bits per heavy atom. The Morgan fingerprint density at radius 3 is 2.59 bits per heavy atom. The molecule has 2 rings (SSSR count). The highest BCUT2D eigenvalue weighted by atomic mass is 79.9. The Morgan fingerprint density at radius 1 is 1.19 bits per heavy atom. The number of benzene rings is 2. The van der Waals surface area contributed by atoms with Gasteiger partial charge in [-0.05, 0) is 45.8 Å². The lowest BCUT2D eigenvalue weighted by Crippen LogP contribution is -2.24. The minimum atomic E-state index is -0.560. The quantitative estimate of drug-likeness (QED) is 0.380. The maximum Gasteiger partial charge on any atom is 0.249 e. The van der Waals surface area contributed by atoms with Gasteiger partial charge in [0.15, 0.2) is 11.5 Å². The number of anilines is 1. The highest BCUT2D eigenvalue weighted by molar-refractivity contribution is 9.10. The molecule has 142 valence electrons. The van der Waals surface area contributed by atoms with Gasteiger partial charge in [0, 0.05) is 0 Å². The molecule has 2 aromatic rings. The summed E-state index contributed by atoms with van der Waals surface area (Å²) in [7, 11) is 3.05. The Bertz CT molecular complexity index is 874. The summed E-state index contributed by atoms with van der Waals surface area (Å²) in [5.74, 6) is 0.00806. The predicted molar refractivity (Wildman–Crippen MR) is 108 cm³/mol. The molecule has 7 nitrogen and oxygen atoms in total. The number of nitrogens with zero attached hydrogens (tertiary/aromatic N) is 1. The van der Waals surface area contributed by atoms with Crippen LogP contribution in [0.1, 0.15) is 12.0 Å². The minimum Gasteiger partial charge on any atom is -0.493 e. The number of ether oxygens (including phenoxy) is 2. The third-order valence-corrected chi connectivity index (χ3v) is 4.25. The van der Waals surface area contributed by atoms with Crippen LogP contribution in [0, 0.1) is 0 Å². The molecule has 0 aliphatic rings. The van der Waals surface area contributed by atoms with E-state index in [2.05, 4.69) is 31.8 Å². The summed E-state index contributed by atoms with van der Waals surface area (Å²) < 4.78 is 11.1. The highest BCUT2D eigenvalue weighted by Gasteiger charge is 2.11. The van der Waals surface area contributed by atoms with E-state index in [1.807, 2.05) is 0 Å². The molecule has 0 atom stereocenters. The number of methoxy groups -OCH3 is 2. The fourth-order valence-electron chi connectivity index (χ4n) is 2.13. The number of hydrogen-bond acceptors (Lipinski definition) is 5. The lowest BCUT2D eigenvalue weighted by Gasteiger charge is -2.10. The van der Waals surface area contributed by atoms with E-state index >= 15 is 0 Å². The third kappa shape index (κ3) is 5.97. The molecule has 2 N–H and O–H groups in total. The van der Waals surface area contributed by atoms with Crippen molar-refractivity contribution < 1.29 is 19.1 Å². The van der Waals surface area contributed by atoms with Gasteiger partial charge in [-0.2, -0.15) is 5.10 Å². The van der Waals surface area contributed by atoms with Crippen LogP contribution in [0.4, 0.5) is 5.69 Å². The summed E-state index contributed by atoms with van der Waals surface area (Å²) in [5.41, 5.74) is 3.40. The molecule has 0 spiro atoms. The van der Waals surface area contributed by atoms with Crippen LogP contribution in [0.5, 0.6) is 11.5 Å². The van der Waals surface area contributed by atoms with Crippen LogP contribution in [0.25, 0.3) is 0 Å². The summed E-state index contributed by atoms with van der Waals surface area (Å²) in [5, 5.41) is 6.80. The lowest BCUT2D eigenvalue weighted by molar-refractivity contribution is -0.126. The van der Waals surface area contributed by atoms with Crippen molar-refractivity contribution in [2.45, 2.75) is 6.42 Å². The van der Waals surface area contributed by atoms with Gasteiger partial charge >= 0.3 is 0 Å². The Labute approximate surface area is 169 Å². The standard InChI is InChI=1S/C18H17BrClN3O4/c1-26-15-8-11(7-12(19)18(15)27-2)10-21-23-17(25)9-16(24)22-14-6-4-3-5-13(14)20/h3-8,10H,9H2,1-2H3,(H,22,24)(H,23,25). The van der Waals surface area contributed by atoms with E-state index in [1.54, 1.807) is 36.4 Å². The molecular formula is C18H17BrClN3O4. The van der Waals surface area contributed by atoms with Crippen molar-refractivity contribution in [2.75, 3.05) is 19.5 Å². The molecule has 0 aliphatic heterocycles. The average molecular weight is 455 g/mol. The van der Waals surface area contributed by atoms with E-state index in [4.69, 9.17) is 21.1 Å². The van der Waals surface area contributed by atoms with Crippen molar-refractivity contribution in [1.29, 1.82) is 0 Å². The number of carbonyl (C=O) groups is 2. The van der Waals surface area contributed by atoms with Crippen LogP contribution < -0.4 is 20.2 Å². The average Bonchev–Trinajstić information content (AvgIpc) is 2.63. The van der Waals surface area contributed by atoms with Gasteiger partial charge in [-0.3, -0.25) is 9.59 Å². The van der Waals surface area contributed by atoms with Crippen LogP contribution in [0.15, 0.2) is 46.0 Å². The molecule has 0 heterocycles. The van der Waals surface area contributed by atoms with Crippen LogP contribution in [-0.4, -0.2) is 32.2 Å². The first-order valence-corrected chi connectivity index (χ1v) is 8.89. The SMILES string of the molecule is COc1cc(C=NNC(=O)CC(=O)Nc2ccccc2Cl)cc(Br)c1OC. The van der Waals surface area contributed by atoms with E-state index in [0.29, 0.717) is 32.2 Å². The summed E-state index contributed by atoms with van der Waals surface area (Å²) in [6.45, 7) is 0. The second-order valence-electron chi connectivity index (χ2n) is 5.24. The first kappa shape index (κ1) is 20.7. The van der Waals surface area contributed by atoms with E-state index in [-0.39, 0.29) is 0 Å². The topological polar surface area (TPSA) is 89.0 Å². The number of para-hydroxylation sites is 1. The van der Waals surface area contributed by atoms with E-state index in [1.165, 1.54) is 20.4 Å². The molecule has 27 heavy (non-hydrogen) atoms. The summed E-state index contributed by atoms with van der Waals surface area (Å²) in [6.07, 6.45) is 1.04. The number of halogens is 2. The smallest absolute Gasteiger partial charge is 0.249 e. The molecule has 0 bridgehead atoms. The number of hydrogen-bond donors (Lipinski definition) is 2. The number of rotatable bonds is 7. The molecule has 2 amide bonds. The van der Waals surface area contributed by atoms with Gasteiger partial charge in [0.1, 0.15) is 6.42 Å². The fourth-order valence-corrected chi connectivity index (χ4v) is 2.94. The number of nitrogens with one attached hydrogen (secondary N) is 2. The van der Waals surface area contributed by atoms with Crippen molar-refractivity contribution in [1.82, 2.24) is 5.43 Å². The van der Waals surface area contributed by atoms with Crippen LogP contribution in [-0.2, 0) is 9.59 Å². The maximum absolute atomic E-state index is 11.9. The highest BCUT2D eigenvalue weighted by Crippen LogP contribution is 2.35. The fraction of sp³-hybridized carbons (Fsp3) is 0.167. The van der Waals surface area contributed by atoms with Gasteiger partial charge in [0.2, 0.25) is 11.8 Å². The zero-order chi connectivity index (χ0) is 19.8.